The highest BCUT2D eigenvalue weighted by Crippen LogP contribution is 2.40. The Morgan fingerprint density at radius 1 is 0.765 bits per heavy atom. The van der Waals surface area contributed by atoms with Gasteiger partial charge in [-0.1, -0.05) is 51.9 Å². The van der Waals surface area contributed by atoms with E-state index >= 15 is 0 Å². The lowest BCUT2D eigenvalue weighted by molar-refractivity contribution is 0.148. The lowest BCUT2D eigenvalue weighted by Gasteiger charge is -2.39. The molecule has 3 aliphatic rings. The quantitative estimate of drug-likeness (QED) is 0.776. The number of hydrogen-bond acceptors (Lipinski definition) is 1. The van der Waals surface area contributed by atoms with Crippen molar-refractivity contribution in [2.24, 2.45) is 17.8 Å². The van der Waals surface area contributed by atoms with Crippen molar-refractivity contribution in [3.8, 4) is 0 Å². The van der Waals surface area contributed by atoms with Gasteiger partial charge in [-0.15, -0.1) is 0 Å². The van der Waals surface area contributed by atoms with Gasteiger partial charge in [0.15, 0.2) is 0 Å². The van der Waals surface area contributed by atoms with Crippen molar-refractivity contribution in [1.82, 2.24) is 5.32 Å². The molecule has 1 N–H and O–H groups in total. The predicted molar refractivity (Wildman–Crippen MR) is 73.0 cm³/mol. The molecule has 0 aromatic heterocycles. The van der Waals surface area contributed by atoms with Crippen molar-refractivity contribution in [2.75, 3.05) is 0 Å². The van der Waals surface area contributed by atoms with E-state index in [9.17, 15) is 0 Å². The van der Waals surface area contributed by atoms with Crippen LogP contribution in [0.25, 0.3) is 0 Å². The van der Waals surface area contributed by atoms with Crippen LogP contribution in [-0.4, -0.2) is 12.1 Å². The van der Waals surface area contributed by atoms with Crippen molar-refractivity contribution in [3.63, 3.8) is 0 Å². The standard InChI is InChI=1S/C16H29N/c1-12-11-16(12)17-15-10-6-5-9-14(15)13-7-3-2-4-8-13/h12-17H,2-11H2,1H3. The van der Waals surface area contributed by atoms with E-state index in [-0.39, 0.29) is 0 Å². The molecule has 0 aromatic rings. The summed E-state index contributed by atoms with van der Waals surface area (Å²) >= 11 is 0. The van der Waals surface area contributed by atoms with Crippen molar-refractivity contribution in [1.29, 1.82) is 0 Å². The number of hydrogen-bond donors (Lipinski definition) is 1. The first-order valence-corrected chi connectivity index (χ1v) is 8.10. The first-order chi connectivity index (χ1) is 8.34. The van der Waals surface area contributed by atoms with Gasteiger partial charge in [-0.05, 0) is 37.0 Å². The minimum Gasteiger partial charge on any atom is -0.311 e. The van der Waals surface area contributed by atoms with Crippen molar-refractivity contribution < 1.29 is 0 Å². The first-order valence-electron chi connectivity index (χ1n) is 8.10. The highest BCUT2D eigenvalue weighted by atomic mass is 15.0. The van der Waals surface area contributed by atoms with Crippen LogP contribution in [0.1, 0.15) is 71.1 Å². The molecule has 3 fully saturated rings. The fraction of sp³-hybridized carbons (Fsp3) is 1.00. The topological polar surface area (TPSA) is 12.0 Å². The molecule has 1 heteroatoms. The third-order valence-corrected chi connectivity index (χ3v) is 5.61. The van der Waals surface area contributed by atoms with Crippen molar-refractivity contribution in [3.05, 3.63) is 0 Å². The van der Waals surface area contributed by atoms with Gasteiger partial charge in [0.25, 0.3) is 0 Å². The average molecular weight is 235 g/mol. The number of rotatable bonds is 3. The molecule has 0 spiro atoms. The van der Waals surface area contributed by atoms with E-state index in [1.165, 1.54) is 64.2 Å². The van der Waals surface area contributed by atoms with E-state index < -0.39 is 0 Å². The Morgan fingerprint density at radius 3 is 2.12 bits per heavy atom. The lowest BCUT2D eigenvalue weighted by Crippen LogP contribution is -2.43. The van der Waals surface area contributed by atoms with Gasteiger partial charge in [0, 0.05) is 12.1 Å². The monoisotopic (exact) mass is 235 g/mol. The van der Waals surface area contributed by atoms with Crippen LogP contribution in [-0.2, 0) is 0 Å². The maximum atomic E-state index is 3.99. The molecule has 0 aromatic carbocycles. The van der Waals surface area contributed by atoms with Gasteiger partial charge < -0.3 is 5.32 Å². The fourth-order valence-corrected chi connectivity index (χ4v) is 4.32. The van der Waals surface area contributed by atoms with Crippen LogP contribution in [0.2, 0.25) is 0 Å². The molecule has 17 heavy (non-hydrogen) atoms. The van der Waals surface area contributed by atoms with E-state index in [1.807, 2.05) is 0 Å². The molecule has 0 amide bonds. The predicted octanol–water partition coefficient (Wildman–Crippen LogP) is 4.12. The summed E-state index contributed by atoms with van der Waals surface area (Å²) in [6.45, 7) is 2.40. The Kier molecular flexibility index (Phi) is 3.75. The van der Waals surface area contributed by atoms with Crippen LogP contribution in [0.15, 0.2) is 0 Å². The molecular formula is C16H29N. The zero-order chi connectivity index (χ0) is 11.7. The highest BCUT2D eigenvalue weighted by molar-refractivity contribution is 4.96. The van der Waals surface area contributed by atoms with Gasteiger partial charge >= 0.3 is 0 Å². The molecular weight excluding hydrogens is 206 g/mol. The average Bonchev–Trinajstić information content (AvgIpc) is 3.07. The Morgan fingerprint density at radius 2 is 1.41 bits per heavy atom. The minimum absolute atomic E-state index is 0.877. The van der Waals surface area contributed by atoms with Gasteiger partial charge in [-0.25, -0.2) is 0 Å². The lowest BCUT2D eigenvalue weighted by atomic mass is 9.71. The number of nitrogens with one attached hydrogen (secondary N) is 1. The van der Waals surface area contributed by atoms with Crippen molar-refractivity contribution >= 4 is 0 Å². The summed E-state index contributed by atoms with van der Waals surface area (Å²) in [6, 6.07) is 1.76. The van der Waals surface area contributed by atoms with Crippen LogP contribution in [0.5, 0.6) is 0 Å². The molecule has 0 bridgehead atoms. The second-order valence-electron chi connectivity index (χ2n) is 6.94. The SMILES string of the molecule is CC1CC1NC1CCCCC1C1CCCCC1. The van der Waals surface area contributed by atoms with Crippen LogP contribution in [0, 0.1) is 17.8 Å². The molecule has 3 aliphatic carbocycles. The molecule has 4 unspecified atom stereocenters. The molecule has 0 aliphatic heterocycles. The normalized spacial score (nSPS) is 43.6. The summed E-state index contributed by atoms with van der Waals surface area (Å²) in [5.74, 6) is 3.05. The summed E-state index contributed by atoms with van der Waals surface area (Å²) in [5, 5.41) is 3.99. The molecule has 4 atom stereocenters. The van der Waals surface area contributed by atoms with E-state index in [4.69, 9.17) is 0 Å². The van der Waals surface area contributed by atoms with Crippen LogP contribution in [0.3, 0.4) is 0 Å². The van der Waals surface area contributed by atoms with E-state index in [1.54, 1.807) is 0 Å². The Bertz CT molecular complexity index is 244. The minimum atomic E-state index is 0.877. The van der Waals surface area contributed by atoms with E-state index in [2.05, 4.69) is 12.2 Å². The summed E-state index contributed by atoms with van der Waals surface area (Å²) in [5.41, 5.74) is 0. The van der Waals surface area contributed by atoms with Gasteiger partial charge in [0.2, 0.25) is 0 Å². The van der Waals surface area contributed by atoms with Crippen LogP contribution >= 0.6 is 0 Å². The summed E-state index contributed by atoms with van der Waals surface area (Å²) in [6.07, 6.45) is 15.0. The summed E-state index contributed by atoms with van der Waals surface area (Å²) < 4.78 is 0. The highest BCUT2D eigenvalue weighted by Gasteiger charge is 2.38. The molecule has 3 saturated carbocycles. The van der Waals surface area contributed by atoms with Crippen LogP contribution < -0.4 is 5.32 Å². The largest absolute Gasteiger partial charge is 0.311 e. The maximum absolute atomic E-state index is 3.99. The van der Waals surface area contributed by atoms with E-state index in [0.717, 1.165) is 29.8 Å². The Balaban J connectivity index is 1.58. The Labute approximate surface area is 107 Å². The Hall–Kier alpha value is -0.0400. The van der Waals surface area contributed by atoms with Gasteiger partial charge in [0.05, 0.1) is 0 Å². The van der Waals surface area contributed by atoms with Crippen molar-refractivity contribution in [2.45, 2.75) is 83.2 Å². The molecule has 98 valence electrons. The second kappa shape index (κ2) is 5.30. The zero-order valence-electron chi connectivity index (χ0n) is 11.5. The third-order valence-electron chi connectivity index (χ3n) is 5.61. The zero-order valence-corrected chi connectivity index (χ0v) is 11.5. The summed E-state index contributed by atoms with van der Waals surface area (Å²) in [4.78, 5) is 0. The van der Waals surface area contributed by atoms with E-state index in [0.29, 0.717) is 0 Å². The molecule has 0 heterocycles. The summed E-state index contributed by atoms with van der Waals surface area (Å²) in [7, 11) is 0. The van der Waals surface area contributed by atoms with Gasteiger partial charge in [0.1, 0.15) is 0 Å². The molecule has 0 saturated heterocycles. The van der Waals surface area contributed by atoms with Gasteiger partial charge in [-0.2, -0.15) is 0 Å². The fourth-order valence-electron chi connectivity index (χ4n) is 4.32. The first kappa shape index (κ1) is 12.0. The molecule has 0 radical (unpaired) electrons. The second-order valence-corrected chi connectivity index (χ2v) is 6.94. The third kappa shape index (κ3) is 2.86. The molecule has 3 rings (SSSR count). The van der Waals surface area contributed by atoms with Crippen LogP contribution in [0.4, 0.5) is 0 Å². The molecule has 1 nitrogen and oxygen atoms in total. The maximum Gasteiger partial charge on any atom is 0.0101 e. The smallest absolute Gasteiger partial charge is 0.0101 e. The van der Waals surface area contributed by atoms with Gasteiger partial charge in [-0.3, -0.25) is 0 Å².